The number of hydrogen-bond donors (Lipinski definition) is 3. The van der Waals surface area contributed by atoms with E-state index in [9.17, 15) is 24.2 Å². The van der Waals surface area contributed by atoms with Crippen LogP contribution in [0.4, 0.5) is 10.3 Å². The number of aliphatic hydroxyl groups is 1. The zero-order chi connectivity index (χ0) is 20.3. The molecule has 8 nitrogen and oxygen atoms in total. The molecule has 0 radical (unpaired) electrons. The monoisotopic (exact) mass is 390 g/mol. The number of anilines is 1. The third-order valence-corrected chi connectivity index (χ3v) is 4.92. The largest absolute Gasteiger partial charge is 0.501 e. The Kier molecular flexibility index (Phi) is 5.93. The van der Waals surface area contributed by atoms with E-state index in [1.165, 1.54) is 35.9 Å². The Balaban J connectivity index is 1.87. The molecule has 0 aliphatic carbocycles. The van der Waals surface area contributed by atoms with Gasteiger partial charge in [0.15, 0.2) is 5.69 Å². The van der Waals surface area contributed by atoms with E-state index in [1.807, 2.05) is 0 Å². The molecule has 0 bridgehead atoms. The average Bonchev–Trinajstić information content (AvgIpc) is 2.71. The zero-order valence-corrected chi connectivity index (χ0v) is 15.6. The molecule has 1 aliphatic rings. The van der Waals surface area contributed by atoms with Crippen LogP contribution in [0.25, 0.3) is 0 Å². The summed E-state index contributed by atoms with van der Waals surface area (Å²) >= 11 is 0. The molecule has 3 rings (SSSR count). The summed E-state index contributed by atoms with van der Waals surface area (Å²) in [7, 11) is 1.47. The molecule has 3 N–H and O–H groups in total. The van der Waals surface area contributed by atoms with Gasteiger partial charge in [0, 0.05) is 20.1 Å². The summed E-state index contributed by atoms with van der Waals surface area (Å²) in [6.45, 7) is 0.587. The molecule has 1 aliphatic heterocycles. The number of carbonyl (C=O) groups excluding carboxylic acids is 1. The van der Waals surface area contributed by atoms with Gasteiger partial charge in [-0.25, -0.2) is 9.37 Å². The number of aromatic hydroxyl groups is 1. The fourth-order valence-corrected chi connectivity index (χ4v) is 3.32. The first-order valence-corrected chi connectivity index (χ1v) is 9.12. The summed E-state index contributed by atoms with van der Waals surface area (Å²) in [5.41, 5.74) is -0.448. The maximum absolute atomic E-state index is 13.0. The molecule has 28 heavy (non-hydrogen) atoms. The van der Waals surface area contributed by atoms with Crippen molar-refractivity contribution < 1.29 is 19.4 Å². The van der Waals surface area contributed by atoms with Crippen LogP contribution in [0.2, 0.25) is 0 Å². The van der Waals surface area contributed by atoms with E-state index >= 15 is 0 Å². The maximum atomic E-state index is 13.0. The van der Waals surface area contributed by atoms with Crippen LogP contribution in [0.3, 0.4) is 0 Å². The number of aliphatic hydroxyl groups excluding tert-OH is 1. The molecule has 0 saturated carbocycles. The molecule has 2 heterocycles. The highest BCUT2D eigenvalue weighted by molar-refractivity contribution is 5.95. The standard InChI is InChI=1S/C19H23FN4O4/c1-23-18(28)16(26)15(17(27)21-10-12-5-7-13(20)8-6-12)22-19(23)24-9-3-2-4-14(24)11-25/h5-8,14,25-26H,2-4,9-11H2,1H3,(H,21,27). The predicted octanol–water partition coefficient (Wildman–Crippen LogP) is 0.906. The van der Waals surface area contributed by atoms with Gasteiger partial charge in [-0.05, 0) is 37.0 Å². The Labute approximate surface area is 161 Å². The van der Waals surface area contributed by atoms with Crippen LogP contribution in [-0.4, -0.2) is 44.9 Å². The van der Waals surface area contributed by atoms with Gasteiger partial charge in [-0.3, -0.25) is 14.2 Å². The van der Waals surface area contributed by atoms with Gasteiger partial charge in [-0.1, -0.05) is 12.1 Å². The van der Waals surface area contributed by atoms with Crippen molar-refractivity contribution in [2.75, 3.05) is 18.1 Å². The van der Waals surface area contributed by atoms with Crippen molar-refractivity contribution >= 4 is 11.9 Å². The van der Waals surface area contributed by atoms with E-state index in [1.54, 1.807) is 4.90 Å². The first kappa shape index (κ1) is 19.8. The van der Waals surface area contributed by atoms with Crippen LogP contribution in [-0.2, 0) is 13.6 Å². The second-order valence-corrected chi connectivity index (χ2v) is 6.81. The summed E-state index contributed by atoms with van der Waals surface area (Å²) in [5.74, 6) is -1.60. The molecule has 1 saturated heterocycles. The minimum Gasteiger partial charge on any atom is -0.501 e. The number of nitrogens with zero attached hydrogens (tertiary/aromatic N) is 3. The summed E-state index contributed by atoms with van der Waals surface area (Å²) < 4.78 is 14.2. The number of carbonyl (C=O) groups is 1. The highest BCUT2D eigenvalue weighted by Gasteiger charge is 2.28. The molecular weight excluding hydrogens is 367 g/mol. The highest BCUT2D eigenvalue weighted by atomic mass is 19.1. The van der Waals surface area contributed by atoms with Crippen molar-refractivity contribution in [3.63, 3.8) is 0 Å². The van der Waals surface area contributed by atoms with Gasteiger partial charge in [-0.2, -0.15) is 0 Å². The first-order valence-electron chi connectivity index (χ1n) is 9.12. The lowest BCUT2D eigenvalue weighted by Gasteiger charge is -2.36. The van der Waals surface area contributed by atoms with Gasteiger partial charge < -0.3 is 20.4 Å². The van der Waals surface area contributed by atoms with Crippen molar-refractivity contribution in [3.05, 3.63) is 51.7 Å². The van der Waals surface area contributed by atoms with Crippen LogP contribution >= 0.6 is 0 Å². The lowest BCUT2D eigenvalue weighted by Crippen LogP contribution is -2.45. The van der Waals surface area contributed by atoms with Gasteiger partial charge in [0.1, 0.15) is 5.82 Å². The number of rotatable bonds is 5. The molecule has 1 atom stereocenters. The number of hydrogen-bond acceptors (Lipinski definition) is 6. The predicted molar refractivity (Wildman–Crippen MR) is 101 cm³/mol. The fraction of sp³-hybridized carbons (Fsp3) is 0.421. The highest BCUT2D eigenvalue weighted by Crippen LogP contribution is 2.24. The van der Waals surface area contributed by atoms with Crippen LogP contribution in [0.1, 0.15) is 35.3 Å². The van der Waals surface area contributed by atoms with E-state index in [4.69, 9.17) is 0 Å². The number of nitrogens with one attached hydrogen (secondary N) is 1. The van der Waals surface area contributed by atoms with Gasteiger partial charge in [0.2, 0.25) is 11.7 Å². The minimum atomic E-state index is -0.737. The van der Waals surface area contributed by atoms with Crippen LogP contribution < -0.4 is 15.8 Å². The number of amides is 1. The third kappa shape index (κ3) is 3.99. The number of benzene rings is 1. The zero-order valence-electron chi connectivity index (χ0n) is 15.6. The molecule has 150 valence electrons. The SMILES string of the molecule is Cn1c(N2CCCCC2CO)nc(C(=O)NCc2ccc(F)cc2)c(O)c1=O. The molecule has 1 amide bonds. The second kappa shape index (κ2) is 8.39. The summed E-state index contributed by atoms with van der Waals surface area (Å²) in [5, 5.41) is 22.4. The van der Waals surface area contributed by atoms with Gasteiger partial charge in [-0.15, -0.1) is 0 Å². The molecule has 0 spiro atoms. The average molecular weight is 390 g/mol. The van der Waals surface area contributed by atoms with E-state index in [0.29, 0.717) is 12.1 Å². The topological polar surface area (TPSA) is 108 Å². The van der Waals surface area contributed by atoms with Gasteiger partial charge in [0.25, 0.3) is 11.5 Å². The normalized spacial score (nSPS) is 16.8. The Hall–Kier alpha value is -2.94. The molecule has 9 heteroatoms. The van der Waals surface area contributed by atoms with E-state index in [2.05, 4.69) is 10.3 Å². The fourth-order valence-electron chi connectivity index (χ4n) is 3.32. The van der Waals surface area contributed by atoms with Crippen molar-refractivity contribution in [2.24, 2.45) is 7.05 Å². The van der Waals surface area contributed by atoms with E-state index in [0.717, 1.165) is 19.3 Å². The third-order valence-electron chi connectivity index (χ3n) is 4.92. The Morgan fingerprint density at radius 3 is 2.71 bits per heavy atom. The molecule has 1 aromatic carbocycles. The lowest BCUT2D eigenvalue weighted by atomic mass is 10.0. The molecule has 2 aromatic rings. The Morgan fingerprint density at radius 2 is 2.04 bits per heavy atom. The number of aromatic nitrogens is 2. The Bertz CT molecular complexity index is 913. The first-order chi connectivity index (χ1) is 13.4. The van der Waals surface area contributed by atoms with Crippen molar-refractivity contribution in [2.45, 2.75) is 31.8 Å². The molecule has 1 aromatic heterocycles. The maximum Gasteiger partial charge on any atom is 0.297 e. The van der Waals surface area contributed by atoms with E-state index < -0.39 is 17.2 Å². The minimum absolute atomic E-state index is 0.0910. The van der Waals surface area contributed by atoms with Crippen LogP contribution in [0, 0.1) is 5.82 Å². The quantitative estimate of drug-likeness (QED) is 0.700. The molecule has 1 fully saturated rings. The summed E-state index contributed by atoms with van der Waals surface area (Å²) in [6.07, 6.45) is 2.58. The smallest absolute Gasteiger partial charge is 0.297 e. The molecule has 1 unspecified atom stereocenters. The number of halogens is 1. The van der Waals surface area contributed by atoms with Crippen LogP contribution in [0.15, 0.2) is 29.1 Å². The van der Waals surface area contributed by atoms with Gasteiger partial charge >= 0.3 is 0 Å². The van der Waals surface area contributed by atoms with Crippen LogP contribution in [0.5, 0.6) is 5.75 Å². The molecular formula is C19H23FN4O4. The van der Waals surface area contributed by atoms with Crippen molar-refractivity contribution in [1.29, 1.82) is 0 Å². The Morgan fingerprint density at radius 1 is 1.32 bits per heavy atom. The van der Waals surface area contributed by atoms with Gasteiger partial charge in [0.05, 0.1) is 12.6 Å². The van der Waals surface area contributed by atoms with Crippen molar-refractivity contribution in [1.82, 2.24) is 14.9 Å². The second-order valence-electron chi connectivity index (χ2n) is 6.81. The van der Waals surface area contributed by atoms with Crippen molar-refractivity contribution in [3.8, 4) is 5.75 Å². The van der Waals surface area contributed by atoms with E-state index in [-0.39, 0.29) is 36.7 Å². The lowest BCUT2D eigenvalue weighted by molar-refractivity contribution is 0.0942. The summed E-state index contributed by atoms with van der Waals surface area (Å²) in [6, 6.07) is 5.40. The number of piperidine rings is 1. The summed E-state index contributed by atoms with van der Waals surface area (Å²) in [4.78, 5) is 31.0.